The van der Waals surface area contributed by atoms with Crippen LogP contribution in [0.2, 0.25) is 0 Å². The number of amides is 1. The lowest BCUT2D eigenvalue weighted by atomic mass is 10.2. The van der Waals surface area contributed by atoms with Crippen LogP contribution in [-0.2, 0) is 26.6 Å². The summed E-state index contributed by atoms with van der Waals surface area (Å²) >= 11 is 1.14. The monoisotopic (exact) mass is 488 g/mol. The largest absolute Gasteiger partial charge is 0.379 e. The van der Waals surface area contributed by atoms with Gasteiger partial charge in [0.1, 0.15) is 0 Å². The van der Waals surface area contributed by atoms with E-state index in [1.54, 1.807) is 50.4 Å². The Kier molecular flexibility index (Phi) is 6.84. The van der Waals surface area contributed by atoms with Crippen LogP contribution < -0.4 is 10.9 Å². The fourth-order valence-electron chi connectivity index (χ4n) is 3.54. The van der Waals surface area contributed by atoms with Gasteiger partial charge in [-0.25, -0.2) is 13.4 Å². The molecular weight excluding hydrogens is 464 g/mol. The first-order valence-corrected chi connectivity index (χ1v) is 12.8. The lowest BCUT2D eigenvalue weighted by molar-refractivity contribution is -0.113. The molecule has 4 rings (SSSR count). The van der Waals surface area contributed by atoms with Crippen molar-refractivity contribution in [3.63, 3.8) is 0 Å². The lowest BCUT2D eigenvalue weighted by Crippen LogP contribution is -2.40. The summed E-state index contributed by atoms with van der Waals surface area (Å²) in [5, 5.41) is 3.68. The standard InChI is InChI=1S/C22H24N4O5S2/c1-15-7-8-16(13-19(15)33(29,30)26-9-11-31-12-10-26)23-20(27)14-32-22-24-18-6-4-3-5-17(18)21(28)25(22)2/h3-8,13H,9-12,14H2,1-2H3,(H,23,27). The summed E-state index contributed by atoms with van der Waals surface area (Å²) in [5.74, 6) is -0.320. The van der Waals surface area contributed by atoms with Gasteiger partial charge in [-0.3, -0.25) is 14.2 Å². The molecule has 1 fully saturated rings. The summed E-state index contributed by atoms with van der Waals surface area (Å²) in [5.41, 5.74) is 1.38. The molecule has 1 aromatic heterocycles. The Hall–Kier alpha value is -2.73. The number of carbonyl (C=O) groups excluding carboxylic acids is 1. The van der Waals surface area contributed by atoms with Gasteiger partial charge in [-0.1, -0.05) is 30.0 Å². The van der Waals surface area contributed by atoms with Gasteiger partial charge in [0.15, 0.2) is 5.16 Å². The number of benzene rings is 2. The number of aromatic nitrogens is 2. The minimum Gasteiger partial charge on any atom is -0.379 e. The van der Waals surface area contributed by atoms with E-state index < -0.39 is 10.0 Å². The van der Waals surface area contributed by atoms with E-state index in [4.69, 9.17) is 4.74 Å². The molecule has 33 heavy (non-hydrogen) atoms. The maximum atomic E-state index is 13.0. The molecule has 1 aliphatic rings. The van der Waals surface area contributed by atoms with Crippen LogP contribution in [0.15, 0.2) is 57.3 Å². The van der Waals surface area contributed by atoms with Gasteiger partial charge >= 0.3 is 0 Å². The van der Waals surface area contributed by atoms with E-state index in [1.807, 2.05) is 0 Å². The number of thioether (sulfide) groups is 1. The topological polar surface area (TPSA) is 111 Å². The molecule has 11 heteroatoms. The highest BCUT2D eigenvalue weighted by molar-refractivity contribution is 7.99. The van der Waals surface area contributed by atoms with Gasteiger partial charge in [-0.2, -0.15) is 4.31 Å². The third kappa shape index (κ3) is 4.96. The average molecular weight is 489 g/mol. The van der Waals surface area contributed by atoms with E-state index >= 15 is 0 Å². The van der Waals surface area contributed by atoms with Crippen LogP contribution in [0.25, 0.3) is 10.9 Å². The Balaban J connectivity index is 1.48. The summed E-state index contributed by atoms with van der Waals surface area (Å²) < 4.78 is 34.2. The van der Waals surface area contributed by atoms with Crippen LogP contribution >= 0.6 is 11.8 Å². The Bertz CT molecular complexity index is 1360. The molecule has 1 aliphatic heterocycles. The molecule has 0 atom stereocenters. The molecule has 1 saturated heterocycles. The molecule has 3 aromatic rings. The average Bonchev–Trinajstić information content (AvgIpc) is 2.82. The zero-order valence-corrected chi connectivity index (χ0v) is 19.9. The van der Waals surface area contributed by atoms with Crippen molar-refractivity contribution in [1.29, 1.82) is 0 Å². The van der Waals surface area contributed by atoms with Crippen LogP contribution in [-0.4, -0.2) is 60.2 Å². The van der Waals surface area contributed by atoms with Crippen LogP contribution in [0.3, 0.4) is 0 Å². The van der Waals surface area contributed by atoms with Gasteiger partial charge in [0.2, 0.25) is 15.9 Å². The number of rotatable bonds is 6. The van der Waals surface area contributed by atoms with Crippen molar-refractivity contribution < 1.29 is 17.9 Å². The number of morpholine rings is 1. The van der Waals surface area contributed by atoms with E-state index in [9.17, 15) is 18.0 Å². The van der Waals surface area contributed by atoms with Crippen molar-refractivity contribution in [2.75, 3.05) is 37.4 Å². The number of carbonyl (C=O) groups is 1. The number of hydrogen-bond acceptors (Lipinski definition) is 7. The Morgan fingerprint density at radius 3 is 2.67 bits per heavy atom. The zero-order chi connectivity index (χ0) is 23.6. The van der Waals surface area contributed by atoms with Crippen molar-refractivity contribution >= 4 is 44.3 Å². The number of aryl methyl sites for hydroxylation is 1. The summed E-state index contributed by atoms with van der Waals surface area (Å²) in [7, 11) is -2.07. The van der Waals surface area contributed by atoms with Crippen LogP contribution in [0.4, 0.5) is 5.69 Å². The highest BCUT2D eigenvalue weighted by atomic mass is 32.2. The van der Waals surface area contributed by atoms with Crippen LogP contribution in [0.1, 0.15) is 5.56 Å². The Morgan fingerprint density at radius 1 is 1.18 bits per heavy atom. The Morgan fingerprint density at radius 2 is 1.91 bits per heavy atom. The molecule has 1 N–H and O–H groups in total. The van der Waals surface area contributed by atoms with Gasteiger partial charge in [0.25, 0.3) is 5.56 Å². The molecule has 0 saturated carbocycles. The highest BCUT2D eigenvalue weighted by Gasteiger charge is 2.28. The summed E-state index contributed by atoms with van der Waals surface area (Å²) in [4.78, 5) is 29.7. The molecule has 0 radical (unpaired) electrons. The number of nitrogens with one attached hydrogen (secondary N) is 1. The SMILES string of the molecule is Cc1ccc(NC(=O)CSc2nc3ccccc3c(=O)n2C)cc1S(=O)(=O)N1CCOCC1. The molecular formula is C22H24N4O5S2. The number of hydrogen-bond donors (Lipinski definition) is 1. The van der Waals surface area contributed by atoms with E-state index in [2.05, 4.69) is 10.3 Å². The first kappa shape index (κ1) is 23.4. The first-order valence-electron chi connectivity index (χ1n) is 10.3. The number of anilines is 1. The van der Waals surface area contributed by atoms with E-state index in [1.165, 1.54) is 14.9 Å². The molecule has 0 spiro atoms. The van der Waals surface area contributed by atoms with Crippen molar-refractivity contribution in [3.05, 3.63) is 58.4 Å². The van der Waals surface area contributed by atoms with E-state index in [-0.39, 0.29) is 22.1 Å². The third-order valence-corrected chi connectivity index (χ3v) is 8.40. The number of fused-ring (bicyclic) bond motifs is 1. The van der Waals surface area contributed by atoms with Crippen LogP contribution in [0.5, 0.6) is 0 Å². The zero-order valence-electron chi connectivity index (χ0n) is 18.3. The number of ether oxygens (including phenoxy) is 1. The molecule has 0 bridgehead atoms. The van der Waals surface area contributed by atoms with Gasteiger partial charge in [0.05, 0.1) is 34.8 Å². The second kappa shape index (κ2) is 9.64. The second-order valence-electron chi connectivity index (χ2n) is 7.61. The summed E-state index contributed by atoms with van der Waals surface area (Å²) in [6.45, 7) is 3.04. The van der Waals surface area contributed by atoms with Gasteiger partial charge in [0, 0.05) is 25.8 Å². The quantitative estimate of drug-likeness (QED) is 0.417. The normalized spacial score (nSPS) is 15.0. The minimum absolute atomic E-state index is 0.0119. The lowest BCUT2D eigenvalue weighted by Gasteiger charge is -2.26. The molecule has 174 valence electrons. The van der Waals surface area contributed by atoms with Gasteiger partial charge in [-0.05, 0) is 36.8 Å². The number of nitrogens with zero attached hydrogens (tertiary/aromatic N) is 3. The first-order chi connectivity index (χ1) is 15.8. The summed E-state index contributed by atoms with van der Waals surface area (Å²) in [6, 6.07) is 11.9. The van der Waals surface area contributed by atoms with Crippen molar-refractivity contribution in [2.24, 2.45) is 7.05 Å². The van der Waals surface area contributed by atoms with Crippen molar-refractivity contribution in [1.82, 2.24) is 13.9 Å². The molecule has 2 heterocycles. The maximum absolute atomic E-state index is 13.0. The molecule has 0 unspecified atom stereocenters. The molecule has 2 aromatic carbocycles. The van der Waals surface area contributed by atoms with Gasteiger partial charge < -0.3 is 10.1 Å². The third-order valence-electron chi connectivity index (χ3n) is 5.33. The maximum Gasteiger partial charge on any atom is 0.261 e. The summed E-state index contributed by atoms with van der Waals surface area (Å²) in [6.07, 6.45) is 0. The highest BCUT2D eigenvalue weighted by Crippen LogP contribution is 2.25. The molecule has 9 nitrogen and oxygen atoms in total. The minimum atomic E-state index is -3.69. The van der Waals surface area contributed by atoms with Crippen LogP contribution in [0, 0.1) is 6.92 Å². The fraction of sp³-hybridized carbons (Fsp3) is 0.318. The Labute approximate surface area is 195 Å². The second-order valence-corrected chi connectivity index (χ2v) is 10.5. The fourth-order valence-corrected chi connectivity index (χ4v) is 5.97. The van der Waals surface area contributed by atoms with E-state index in [0.717, 1.165) is 11.8 Å². The van der Waals surface area contributed by atoms with Crippen molar-refractivity contribution in [3.8, 4) is 0 Å². The number of para-hydroxylation sites is 1. The van der Waals surface area contributed by atoms with Gasteiger partial charge in [-0.15, -0.1) is 0 Å². The molecule has 0 aliphatic carbocycles. The molecule has 1 amide bonds. The van der Waals surface area contributed by atoms with E-state index in [0.29, 0.717) is 53.6 Å². The number of sulfonamides is 1. The predicted molar refractivity (Wildman–Crippen MR) is 127 cm³/mol. The van der Waals surface area contributed by atoms with Crippen molar-refractivity contribution in [2.45, 2.75) is 17.0 Å². The predicted octanol–water partition coefficient (Wildman–Crippen LogP) is 1.99. The smallest absolute Gasteiger partial charge is 0.261 e.